The van der Waals surface area contributed by atoms with Gasteiger partial charge in [-0.1, -0.05) is 0 Å². The fourth-order valence-corrected chi connectivity index (χ4v) is 4.33. The molecule has 0 bridgehead atoms. The molecule has 10 nitrogen and oxygen atoms in total. The SMILES string of the molecule is Cc1sccc1CCN(C)C(N)=NC(N)=NCc1cc(CCN(C)C(=N)N=C(N)N)cs1. The van der Waals surface area contributed by atoms with Gasteiger partial charge in [-0.2, -0.15) is 9.98 Å². The van der Waals surface area contributed by atoms with Crippen LogP contribution >= 0.6 is 22.7 Å². The molecular formula is C20H32N10S2. The second-order valence-electron chi connectivity index (χ2n) is 7.27. The molecule has 2 aromatic rings. The standard InChI is InChI=1S/C20H32N10S2/c1-13-15(6-9-31-13)5-8-30(3)20(25)28-18(23)26-11-16-10-14(12-32-16)4-7-29(2)19(24)27-17(21)22/h6,9-10,12H,4-5,7-8,11H2,1-3H3,(H5,21,22,24,27)(H4,23,25,26,28). The maximum absolute atomic E-state index is 7.79. The highest BCUT2D eigenvalue weighted by Gasteiger charge is 2.07. The average Bonchev–Trinajstić information content (AvgIpc) is 3.36. The van der Waals surface area contributed by atoms with Gasteiger partial charge in [0.2, 0.25) is 11.9 Å². The molecule has 0 unspecified atom stereocenters. The summed E-state index contributed by atoms with van der Waals surface area (Å²) in [7, 11) is 3.66. The Morgan fingerprint density at radius 3 is 2.41 bits per heavy atom. The number of aliphatic imine (C=N–C) groups is 3. The molecule has 0 atom stereocenters. The predicted molar refractivity (Wildman–Crippen MR) is 137 cm³/mol. The van der Waals surface area contributed by atoms with Gasteiger partial charge in [0.1, 0.15) is 0 Å². The Kier molecular flexibility index (Phi) is 9.47. The molecule has 12 heteroatoms. The van der Waals surface area contributed by atoms with Crippen LogP contribution in [0, 0.1) is 12.3 Å². The molecule has 0 aliphatic carbocycles. The first kappa shape index (κ1) is 25.1. The van der Waals surface area contributed by atoms with Crippen LogP contribution in [0.5, 0.6) is 0 Å². The normalized spacial score (nSPS) is 12.0. The van der Waals surface area contributed by atoms with Gasteiger partial charge in [0.25, 0.3) is 0 Å². The molecule has 2 rings (SSSR count). The van der Waals surface area contributed by atoms with Crippen molar-refractivity contribution < 1.29 is 0 Å². The van der Waals surface area contributed by atoms with E-state index in [-0.39, 0.29) is 17.9 Å². The number of nitrogens with two attached hydrogens (primary N) is 4. The third-order valence-electron chi connectivity index (χ3n) is 4.74. The number of nitrogens with one attached hydrogen (secondary N) is 1. The van der Waals surface area contributed by atoms with Crippen molar-refractivity contribution in [1.82, 2.24) is 9.80 Å². The van der Waals surface area contributed by atoms with E-state index in [2.05, 4.69) is 44.8 Å². The van der Waals surface area contributed by atoms with Gasteiger partial charge in [0, 0.05) is 36.9 Å². The van der Waals surface area contributed by atoms with Crippen LogP contribution in [0.1, 0.15) is 20.9 Å². The van der Waals surface area contributed by atoms with Crippen molar-refractivity contribution in [2.45, 2.75) is 26.3 Å². The molecule has 2 heterocycles. The van der Waals surface area contributed by atoms with E-state index in [9.17, 15) is 0 Å². The lowest BCUT2D eigenvalue weighted by Crippen LogP contribution is -2.37. The smallest absolute Gasteiger partial charge is 0.220 e. The molecule has 0 aromatic carbocycles. The van der Waals surface area contributed by atoms with Crippen LogP contribution < -0.4 is 22.9 Å². The van der Waals surface area contributed by atoms with Crippen molar-refractivity contribution in [2.75, 3.05) is 27.2 Å². The Bertz CT molecular complexity index is 984. The zero-order valence-electron chi connectivity index (χ0n) is 18.7. The van der Waals surface area contributed by atoms with Crippen LogP contribution in [-0.2, 0) is 19.4 Å². The molecule has 0 radical (unpaired) electrons. The van der Waals surface area contributed by atoms with Gasteiger partial charge in [-0.3, -0.25) is 5.41 Å². The Hall–Kier alpha value is -3.12. The number of likely N-dealkylation sites (N-methyl/N-ethyl adjacent to an activating group) is 2. The summed E-state index contributed by atoms with van der Waals surface area (Å²) in [4.78, 5) is 18.2. The van der Waals surface area contributed by atoms with Crippen molar-refractivity contribution in [3.63, 3.8) is 0 Å². The molecule has 0 saturated heterocycles. The zero-order valence-corrected chi connectivity index (χ0v) is 20.3. The average molecular weight is 477 g/mol. The maximum Gasteiger partial charge on any atom is 0.220 e. The minimum atomic E-state index is -0.123. The summed E-state index contributed by atoms with van der Waals surface area (Å²) in [6.07, 6.45) is 1.66. The van der Waals surface area contributed by atoms with Crippen LogP contribution in [0.15, 0.2) is 37.9 Å². The maximum atomic E-state index is 7.79. The van der Waals surface area contributed by atoms with E-state index in [1.165, 1.54) is 10.4 Å². The van der Waals surface area contributed by atoms with Crippen molar-refractivity contribution in [3.05, 3.63) is 43.8 Å². The monoisotopic (exact) mass is 476 g/mol. The lowest BCUT2D eigenvalue weighted by atomic mass is 10.2. The first-order valence-electron chi connectivity index (χ1n) is 9.99. The van der Waals surface area contributed by atoms with Gasteiger partial charge < -0.3 is 32.7 Å². The lowest BCUT2D eigenvalue weighted by molar-refractivity contribution is 0.500. The van der Waals surface area contributed by atoms with Gasteiger partial charge in [-0.25, -0.2) is 4.99 Å². The Morgan fingerprint density at radius 1 is 1.03 bits per heavy atom. The molecule has 0 aliphatic heterocycles. The summed E-state index contributed by atoms with van der Waals surface area (Å²) in [5.41, 5.74) is 25.1. The van der Waals surface area contributed by atoms with E-state index in [0.717, 1.165) is 29.8 Å². The van der Waals surface area contributed by atoms with Gasteiger partial charge in [-0.05, 0) is 53.8 Å². The summed E-state index contributed by atoms with van der Waals surface area (Å²) >= 11 is 3.35. The number of aryl methyl sites for hydroxylation is 1. The number of guanidine groups is 4. The van der Waals surface area contributed by atoms with Crippen molar-refractivity contribution >= 4 is 46.5 Å². The molecule has 0 aliphatic rings. The second-order valence-corrected chi connectivity index (χ2v) is 9.39. The summed E-state index contributed by atoms with van der Waals surface area (Å²) in [6, 6.07) is 4.21. The zero-order chi connectivity index (χ0) is 23.7. The lowest BCUT2D eigenvalue weighted by Gasteiger charge is -2.17. The van der Waals surface area contributed by atoms with E-state index < -0.39 is 0 Å². The molecule has 9 N–H and O–H groups in total. The highest BCUT2D eigenvalue weighted by atomic mass is 32.1. The number of hydrogen-bond donors (Lipinski definition) is 5. The van der Waals surface area contributed by atoms with Gasteiger partial charge in [0.15, 0.2) is 11.9 Å². The third-order valence-corrected chi connectivity index (χ3v) is 6.60. The first-order valence-corrected chi connectivity index (χ1v) is 11.8. The number of hydrogen-bond acceptors (Lipinski definition) is 4. The van der Waals surface area contributed by atoms with Gasteiger partial charge >= 0.3 is 0 Å². The fourth-order valence-electron chi connectivity index (χ4n) is 2.72. The van der Waals surface area contributed by atoms with E-state index >= 15 is 0 Å². The van der Waals surface area contributed by atoms with Crippen LogP contribution in [0.4, 0.5) is 0 Å². The molecule has 0 spiro atoms. The van der Waals surface area contributed by atoms with Gasteiger partial charge in [0.05, 0.1) is 6.54 Å². The summed E-state index contributed by atoms with van der Waals surface area (Å²) < 4.78 is 0. The Labute approximate surface area is 196 Å². The minimum Gasteiger partial charge on any atom is -0.370 e. The Morgan fingerprint density at radius 2 is 1.75 bits per heavy atom. The summed E-state index contributed by atoms with van der Waals surface area (Å²) in [5.74, 6) is 0.407. The third kappa shape index (κ3) is 8.19. The van der Waals surface area contributed by atoms with Crippen LogP contribution in [0.2, 0.25) is 0 Å². The molecule has 32 heavy (non-hydrogen) atoms. The largest absolute Gasteiger partial charge is 0.370 e. The highest BCUT2D eigenvalue weighted by molar-refractivity contribution is 7.10. The summed E-state index contributed by atoms with van der Waals surface area (Å²) in [5, 5.41) is 12.0. The van der Waals surface area contributed by atoms with E-state index in [1.54, 1.807) is 34.6 Å². The quantitative estimate of drug-likeness (QED) is 0.282. The van der Waals surface area contributed by atoms with E-state index in [0.29, 0.717) is 19.0 Å². The number of rotatable bonds is 8. The minimum absolute atomic E-state index is 0.0312. The molecule has 0 fully saturated rings. The second kappa shape index (κ2) is 12.1. The molecular weight excluding hydrogens is 444 g/mol. The molecule has 0 saturated carbocycles. The number of thiophene rings is 2. The van der Waals surface area contributed by atoms with E-state index in [4.69, 9.17) is 28.3 Å². The predicted octanol–water partition coefficient (Wildman–Crippen LogP) is 1.10. The van der Waals surface area contributed by atoms with Crippen LogP contribution in [0.25, 0.3) is 0 Å². The van der Waals surface area contributed by atoms with Crippen molar-refractivity contribution in [3.8, 4) is 0 Å². The molecule has 2 aromatic heterocycles. The highest BCUT2D eigenvalue weighted by Crippen LogP contribution is 2.17. The molecule has 0 amide bonds. The fraction of sp³-hybridized carbons (Fsp3) is 0.400. The van der Waals surface area contributed by atoms with Crippen molar-refractivity contribution in [2.24, 2.45) is 37.9 Å². The van der Waals surface area contributed by atoms with Crippen molar-refractivity contribution in [1.29, 1.82) is 5.41 Å². The van der Waals surface area contributed by atoms with E-state index in [1.807, 2.05) is 11.9 Å². The number of nitrogens with zero attached hydrogens (tertiary/aromatic N) is 5. The molecule has 174 valence electrons. The van der Waals surface area contributed by atoms with Gasteiger partial charge in [-0.15, -0.1) is 22.7 Å². The first-order chi connectivity index (χ1) is 15.2. The van der Waals surface area contributed by atoms with Crippen LogP contribution in [0.3, 0.4) is 0 Å². The Balaban J connectivity index is 1.83. The topological polar surface area (TPSA) is 171 Å². The summed E-state index contributed by atoms with van der Waals surface area (Å²) in [6.45, 7) is 3.93. The van der Waals surface area contributed by atoms with Crippen LogP contribution in [-0.4, -0.2) is 60.8 Å².